The maximum atomic E-state index is 13.3. The predicted octanol–water partition coefficient (Wildman–Crippen LogP) is 3.04. The highest BCUT2D eigenvalue weighted by Gasteiger charge is 2.17. The van der Waals surface area contributed by atoms with Gasteiger partial charge in [-0.15, -0.1) is 0 Å². The lowest BCUT2D eigenvalue weighted by atomic mass is 10.1. The van der Waals surface area contributed by atoms with Crippen molar-refractivity contribution in [1.82, 2.24) is 0 Å². The standard InChI is InChI=1S/C10H11ClF3N/c11-7-5-8(12)10(14)6(9(7)13)3-1-2-4-15/h5H,1-4,15H2. The largest absolute Gasteiger partial charge is 0.330 e. The fourth-order valence-electron chi connectivity index (χ4n) is 1.29. The Bertz CT molecular complexity index is 329. The van der Waals surface area contributed by atoms with E-state index in [0.29, 0.717) is 25.5 Å². The fraction of sp³-hybridized carbons (Fsp3) is 0.400. The number of benzene rings is 1. The molecular weight excluding hydrogens is 227 g/mol. The quantitative estimate of drug-likeness (QED) is 0.632. The lowest BCUT2D eigenvalue weighted by Crippen LogP contribution is -2.03. The molecule has 15 heavy (non-hydrogen) atoms. The summed E-state index contributed by atoms with van der Waals surface area (Å²) in [5.74, 6) is -3.16. The molecule has 5 heteroatoms. The topological polar surface area (TPSA) is 26.0 Å². The first-order valence-electron chi connectivity index (χ1n) is 4.60. The summed E-state index contributed by atoms with van der Waals surface area (Å²) < 4.78 is 39.3. The molecule has 0 aliphatic rings. The number of hydrogen-bond donors (Lipinski definition) is 1. The van der Waals surface area contributed by atoms with E-state index in [1.54, 1.807) is 0 Å². The average molecular weight is 238 g/mol. The number of unbranched alkanes of at least 4 members (excludes halogenated alkanes) is 1. The number of rotatable bonds is 4. The summed E-state index contributed by atoms with van der Waals surface area (Å²) in [7, 11) is 0. The molecule has 2 N–H and O–H groups in total. The third kappa shape index (κ3) is 2.86. The number of hydrogen-bond acceptors (Lipinski definition) is 1. The number of nitrogens with two attached hydrogens (primary N) is 1. The Morgan fingerprint density at radius 1 is 1.13 bits per heavy atom. The molecule has 0 fully saturated rings. The highest BCUT2D eigenvalue weighted by atomic mass is 35.5. The summed E-state index contributed by atoms with van der Waals surface area (Å²) in [5, 5.41) is -0.392. The number of halogens is 4. The van der Waals surface area contributed by atoms with E-state index in [1.807, 2.05) is 0 Å². The highest BCUT2D eigenvalue weighted by molar-refractivity contribution is 6.30. The van der Waals surface area contributed by atoms with E-state index in [-0.39, 0.29) is 12.0 Å². The second-order valence-electron chi connectivity index (χ2n) is 3.19. The van der Waals surface area contributed by atoms with Gasteiger partial charge in [0.25, 0.3) is 0 Å². The van der Waals surface area contributed by atoms with Crippen molar-refractivity contribution < 1.29 is 13.2 Å². The summed E-state index contributed by atoms with van der Waals surface area (Å²) in [4.78, 5) is 0. The van der Waals surface area contributed by atoms with Crippen molar-refractivity contribution in [2.45, 2.75) is 19.3 Å². The molecule has 0 amide bonds. The second-order valence-corrected chi connectivity index (χ2v) is 3.60. The van der Waals surface area contributed by atoms with E-state index in [4.69, 9.17) is 17.3 Å². The Morgan fingerprint density at radius 3 is 2.40 bits per heavy atom. The summed E-state index contributed by atoms with van der Waals surface area (Å²) in [5.41, 5.74) is 4.94. The zero-order valence-corrected chi connectivity index (χ0v) is 8.75. The van der Waals surface area contributed by atoms with Crippen LogP contribution in [-0.2, 0) is 6.42 Å². The Hall–Kier alpha value is -0.740. The molecule has 84 valence electrons. The van der Waals surface area contributed by atoms with E-state index >= 15 is 0 Å². The molecule has 0 radical (unpaired) electrons. The van der Waals surface area contributed by atoms with E-state index in [0.717, 1.165) is 0 Å². The van der Waals surface area contributed by atoms with Gasteiger partial charge < -0.3 is 5.73 Å². The summed E-state index contributed by atoms with van der Waals surface area (Å²) in [6, 6.07) is 0.638. The zero-order chi connectivity index (χ0) is 11.4. The van der Waals surface area contributed by atoms with Crippen LogP contribution in [0.1, 0.15) is 18.4 Å². The van der Waals surface area contributed by atoms with Crippen molar-refractivity contribution >= 4 is 11.6 Å². The molecule has 0 heterocycles. The predicted molar refractivity (Wildman–Crippen MR) is 53.3 cm³/mol. The minimum absolute atomic E-state index is 0.104. The van der Waals surface area contributed by atoms with E-state index in [9.17, 15) is 13.2 Å². The van der Waals surface area contributed by atoms with E-state index in [1.165, 1.54) is 0 Å². The van der Waals surface area contributed by atoms with Crippen LogP contribution in [0.3, 0.4) is 0 Å². The van der Waals surface area contributed by atoms with Crippen LogP contribution in [0, 0.1) is 17.5 Å². The first-order chi connectivity index (χ1) is 7.07. The molecule has 1 rings (SSSR count). The lowest BCUT2D eigenvalue weighted by Gasteiger charge is -2.06. The van der Waals surface area contributed by atoms with Gasteiger partial charge in [-0.2, -0.15) is 0 Å². The minimum atomic E-state index is -1.16. The van der Waals surface area contributed by atoms with Crippen molar-refractivity contribution in [1.29, 1.82) is 0 Å². The van der Waals surface area contributed by atoms with Crippen molar-refractivity contribution in [2.24, 2.45) is 5.73 Å². The average Bonchev–Trinajstić information content (AvgIpc) is 2.20. The van der Waals surface area contributed by atoms with Gasteiger partial charge in [-0.25, -0.2) is 13.2 Å². The van der Waals surface area contributed by atoms with Crippen molar-refractivity contribution in [3.8, 4) is 0 Å². The zero-order valence-electron chi connectivity index (χ0n) is 7.99. The van der Waals surface area contributed by atoms with Crippen LogP contribution >= 0.6 is 11.6 Å². The second kappa shape index (κ2) is 5.37. The van der Waals surface area contributed by atoms with Gasteiger partial charge in [-0.1, -0.05) is 11.6 Å². The summed E-state index contributed by atoms with van der Waals surface area (Å²) >= 11 is 5.40. The van der Waals surface area contributed by atoms with Crippen LogP contribution in [0.5, 0.6) is 0 Å². The Morgan fingerprint density at radius 2 is 1.80 bits per heavy atom. The van der Waals surface area contributed by atoms with Crippen LogP contribution in [-0.4, -0.2) is 6.54 Å². The highest BCUT2D eigenvalue weighted by Crippen LogP contribution is 2.25. The van der Waals surface area contributed by atoms with Gasteiger partial charge in [0.05, 0.1) is 5.02 Å². The van der Waals surface area contributed by atoms with Crippen LogP contribution < -0.4 is 5.73 Å². The van der Waals surface area contributed by atoms with Crippen LogP contribution in [0.4, 0.5) is 13.2 Å². The minimum Gasteiger partial charge on any atom is -0.330 e. The molecule has 0 unspecified atom stereocenters. The van der Waals surface area contributed by atoms with Gasteiger partial charge in [0, 0.05) is 5.56 Å². The van der Waals surface area contributed by atoms with Crippen molar-refractivity contribution in [3.05, 3.63) is 34.1 Å². The monoisotopic (exact) mass is 237 g/mol. The molecule has 0 spiro atoms. The molecule has 0 bridgehead atoms. The first-order valence-corrected chi connectivity index (χ1v) is 4.97. The maximum Gasteiger partial charge on any atom is 0.165 e. The maximum absolute atomic E-state index is 13.3. The molecule has 1 nitrogen and oxygen atoms in total. The molecule has 1 aromatic carbocycles. The molecule has 0 saturated heterocycles. The van der Waals surface area contributed by atoms with Gasteiger partial charge in [0.1, 0.15) is 5.82 Å². The smallest absolute Gasteiger partial charge is 0.165 e. The van der Waals surface area contributed by atoms with Gasteiger partial charge in [-0.05, 0) is 31.9 Å². The van der Waals surface area contributed by atoms with Gasteiger partial charge >= 0.3 is 0 Å². The molecule has 0 saturated carbocycles. The molecular formula is C10H11ClF3N. The van der Waals surface area contributed by atoms with Crippen molar-refractivity contribution in [2.75, 3.05) is 6.54 Å². The summed E-state index contributed by atoms with van der Waals surface area (Å²) in [6.45, 7) is 0.437. The Labute approximate surface area is 91.0 Å². The molecule has 0 aliphatic heterocycles. The first kappa shape index (κ1) is 12.3. The SMILES string of the molecule is NCCCCc1c(F)c(F)cc(Cl)c1F. The van der Waals surface area contributed by atoms with E-state index < -0.39 is 22.5 Å². The van der Waals surface area contributed by atoms with Crippen LogP contribution in [0.2, 0.25) is 5.02 Å². The Kier molecular flexibility index (Phi) is 4.42. The van der Waals surface area contributed by atoms with Crippen LogP contribution in [0.15, 0.2) is 6.07 Å². The fourth-order valence-corrected chi connectivity index (χ4v) is 1.50. The molecule has 0 atom stereocenters. The lowest BCUT2D eigenvalue weighted by molar-refractivity contribution is 0.476. The molecule has 0 aromatic heterocycles. The van der Waals surface area contributed by atoms with Crippen molar-refractivity contribution in [3.63, 3.8) is 0 Å². The summed E-state index contributed by atoms with van der Waals surface area (Å²) in [6.07, 6.45) is 1.24. The molecule has 0 aliphatic carbocycles. The van der Waals surface area contributed by atoms with Gasteiger partial charge in [-0.3, -0.25) is 0 Å². The normalized spacial score (nSPS) is 10.7. The third-order valence-electron chi connectivity index (χ3n) is 2.08. The van der Waals surface area contributed by atoms with Crippen LogP contribution in [0.25, 0.3) is 0 Å². The van der Waals surface area contributed by atoms with Gasteiger partial charge in [0.15, 0.2) is 11.6 Å². The molecule has 1 aromatic rings. The van der Waals surface area contributed by atoms with E-state index in [2.05, 4.69) is 0 Å². The Balaban J connectivity index is 2.94. The third-order valence-corrected chi connectivity index (χ3v) is 2.36. The van der Waals surface area contributed by atoms with Gasteiger partial charge in [0.2, 0.25) is 0 Å².